The molecular weight excluding hydrogens is 272 g/mol. The Hall–Kier alpha value is -1.55. The summed E-state index contributed by atoms with van der Waals surface area (Å²) in [6.45, 7) is 1.79. The number of rotatable bonds is 2. The normalized spacial score (nSPS) is 10.1. The molecule has 0 radical (unpaired) electrons. The number of aryl methyl sites for hydroxylation is 1. The Balaban J connectivity index is 2.14. The van der Waals surface area contributed by atoms with E-state index in [1.165, 1.54) is 6.26 Å². The van der Waals surface area contributed by atoms with Crippen LogP contribution in [0.1, 0.15) is 16.1 Å². The number of esters is 1. The first kappa shape index (κ1) is 11.0. The first-order valence-electron chi connectivity index (χ1n) is 4.68. The highest BCUT2D eigenvalue weighted by Gasteiger charge is 2.14. The van der Waals surface area contributed by atoms with Crippen LogP contribution in [0.3, 0.4) is 0 Å². The standard InChI is InChI=1S/C12H9BrO3/c1-8-6-7-15-11(8)12(14)16-10-4-2-9(13)3-5-10/h2-7H,1H3. The molecule has 0 amide bonds. The molecule has 0 bridgehead atoms. The third kappa shape index (κ3) is 2.33. The van der Waals surface area contributed by atoms with Crippen LogP contribution in [0.5, 0.6) is 5.75 Å². The molecule has 0 fully saturated rings. The van der Waals surface area contributed by atoms with Crippen molar-refractivity contribution in [2.75, 3.05) is 0 Å². The fourth-order valence-corrected chi connectivity index (χ4v) is 1.50. The van der Waals surface area contributed by atoms with Gasteiger partial charge in [-0.05, 0) is 37.3 Å². The Bertz CT molecular complexity index is 499. The van der Waals surface area contributed by atoms with Crippen molar-refractivity contribution in [3.05, 3.63) is 52.4 Å². The van der Waals surface area contributed by atoms with Gasteiger partial charge in [0, 0.05) is 10.0 Å². The van der Waals surface area contributed by atoms with Gasteiger partial charge < -0.3 is 9.15 Å². The van der Waals surface area contributed by atoms with E-state index in [1.54, 1.807) is 37.3 Å². The van der Waals surface area contributed by atoms with Gasteiger partial charge in [0.15, 0.2) is 0 Å². The monoisotopic (exact) mass is 280 g/mol. The molecule has 0 spiro atoms. The van der Waals surface area contributed by atoms with Crippen molar-refractivity contribution in [2.24, 2.45) is 0 Å². The van der Waals surface area contributed by atoms with Crippen molar-refractivity contribution in [3.8, 4) is 5.75 Å². The number of hydrogen-bond acceptors (Lipinski definition) is 3. The Morgan fingerprint density at radius 3 is 2.50 bits per heavy atom. The summed E-state index contributed by atoms with van der Waals surface area (Å²) in [5, 5.41) is 0. The molecule has 1 aromatic carbocycles. The molecule has 1 aromatic heterocycles. The SMILES string of the molecule is Cc1ccoc1C(=O)Oc1ccc(Br)cc1. The highest BCUT2D eigenvalue weighted by Crippen LogP contribution is 2.18. The van der Waals surface area contributed by atoms with Crippen molar-refractivity contribution < 1.29 is 13.9 Å². The van der Waals surface area contributed by atoms with Gasteiger partial charge >= 0.3 is 5.97 Å². The Morgan fingerprint density at radius 2 is 1.94 bits per heavy atom. The van der Waals surface area contributed by atoms with Crippen LogP contribution in [0.4, 0.5) is 0 Å². The smallest absolute Gasteiger partial charge is 0.379 e. The van der Waals surface area contributed by atoms with Gasteiger partial charge in [0.25, 0.3) is 0 Å². The van der Waals surface area contributed by atoms with Crippen molar-refractivity contribution in [3.63, 3.8) is 0 Å². The first-order valence-corrected chi connectivity index (χ1v) is 5.48. The number of furan rings is 1. The molecule has 0 aliphatic rings. The summed E-state index contributed by atoms with van der Waals surface area (Å²) < 4.78 is 11.1. The molecule has 1 heterocycles. The van der Waals surface area contributed by atoms with E-state index >= 15 is 0 Å². The summed E-state index contributed by atoms with van der Waals surface area (Å²) in [7, 11) is 0. The number of carbonyl (C=O) groups excluding carboxylic acids is 1. The molecule has 4 heteroatoms. The summed E-state index contributed by atoms with van der Waals surface area (Å²) in [5.74, 6) is 0.247. The largest absolute Gasteiger partial charge is 0.457 e. The van der Waals surface area contributed by atoms with Crippen molar-refractivity contribution in [1.29, 1.82) is 0 Å². The number of benzene rings is 1. The van der Waals surface area contributed by atoms with E-state index in [2.05, 4.69) is 15.9 Å². The number of ether oxygens (including phenoxy) is 1. The average Bonchev–Trinajstić information content (AvgIpc) is 2.68. The Kier molecular flexibility index (Phi) is 3.10. The molecule has 0 N–H and O–H groups in total. The molecule has 0 aliphatic carbocycles. The Morgan fingerprint density at radius 1 is 1.25 bits per heavy atom. The first-order chi connectivity index (χ1) is 7.66. The maximum absolute atomic E-state index is 11.7. The zero-order valence-corrected chi connectivity index (χ0v) is 10.2. The van der Waals surface area contributed by atoms with Crippen LogP contribution >= 0.6 is 15.9 Å². The van der Waals surface area contributed by atoms with E-state index in [0.29, 0.717) is 5.75 Å². The molecular formula is C12H9BrO3. The van der Waals surface area contributed by atoms with E-state index in [9.17, 15) is 4.79 Å². The molecule has 2 aromatic rings. The molecule has 82 valence electrons. The van der Waals surface area contributed by atoms with Gasteiger partial charge in [0.2, 0.25) is 5.76 Å². The molecule has 2 rings (SSSR count). The van der Waals surface area contributed by atoms with Crippen LogP contribution in [0, 0.1) is 6.92 Å². The highest BCUT2D eigenvalue weighted by molar-refractivity contribution is 9.10. The number of halogens is 1. The lowest BCUT2D eigenvalue weighted by molar-refractivity contribution is 0.0700. The van der Waals surface area contributed by atoms with Crippen molar-refractivity contribution >= 4 is 21.9 Å². The predicted molar refractivity (Wildman–Crippen MR) is 62.5 cm³/mol. The fourth-order valence-electron chi connectivity index (χ4n) is 1.24. The van der Waals surface area contributed by atoms with Crippen LogP contribution < -0.4 is 4.74 Å². The number of hydrogen-bond donors (Lipinski definition) is 0. The minimum atomic E-state index is -0.482. The van der Waals surface area contributed by atoms with E-state index in [-0.39, 0.29) is 5.76 Å². The second-order valence-electron chi connectivity index (χ2n) is 3.28. The second-order valence-corrected chi connectivity index (χ2v) is 4.19. The van der Waals surface area contributed by atoms with Crippen LogP contribution in [-0.2, 0) is 0 Å². The Labute approximate surface area is 101 Å². The summed E-state index contributed by atoms with van der Waals surface area (Å²) in [4.78, 5) is 11.7. The molecule has 0 unspecified atom stereocenters. The van der Waals surface area contributed by atoms with E-state index in [1.807, 2.05) is 0 Å². The van der Waals surface area contributed by atoms with Gasteiger partial charge in [-0.1, -0.05) is 15.9 Å². The van der Waals surface area contributed by atoms with Gasteiger partial charge in [0.1, 0.15) is 5.75 Å². The van der Waals surface area contributed by atoms with Crippen LogP contribution in [0.25, 0.3) is 0 Å². The van der Waals surface area contributed by atoms with E-state index in [4.69, 9.17) is 9.15 Å². The van der Waals surface area contributed by atoms with Crippen LogP contribution in [0.2, 0.25) is 0 Å². The lowest BCUT2D eigenvalue weighted by atomic mass is 10.3. The predicted octanol–water partition coefficient (Wildman–Crippen LogP) is 3.57. The quantitative estimate of drug-likeness (QED) is 0.624. The third-order valence-electron chi connectivity index (χ3n) is 2.07. The summed E-state index contributed by atoms with van der Waals surface area (Å²) in [5.41, 5.74) is 0.766. The maximum atomic E-state index is 11.7. The fraction of sp³-hybridized carbons (Fsp3) is 0.0833. The minimum absolute atomic E-state index is 0.239. The summed E-state index contributed by atoms with van der Waals surface area (Å²) in [6, 6.07) is 8.74. The summed E-state index contributed by atoms with van der Waals surface area (Å²) in [6.07, 6.45) is 1.47. The molecule has 0 saturated carbocycles. The zero-order chi connectivity index (χ0) is 11.5. The topological polar surface area (TPSA) is 39.4 Å². The van der Waals surface area contributed by atoms with Gasteiger partial charge in [-0.25, -0.2) is 4.79 Å². The highest BCUT2D eigenvalue weighted by atomic mass is 79.9. The van der Waals surface area contributed by atoms with Gasteiger partial charge in [-0.2, -0.15) is 0 Å². The van der Waals surface area contributed by atoms with Crippen molar-refractivity contribution in [1.82, 2.24) is 0 Å². The van der Waals surface area contributed by atoms with Gasteiger partial charge in [0.05, 0.1) is 6.26 Å². The van der Waals surface area contributed by atoms with Gasteiger partial charge in [-0.3, -0.25) is 0 Å². The molecule has 0 saturated heterocycles. The molecule has 0 atom stereocenters. The lowest BCUT2D eigenvalue weighted by Gasteiger charge is -2.02. The number of carbonyl (C=O) groups is 1. The molecule has 3 nitrogen and oxygen atoms in total. The van der Waals surface area contributed by atoms with Crippen LogP contribution in [-0.4, -0.2) is 5.97 Å². The van der Waals surface area contributed by atoms with E-state index < -0.39 is 5.97 Å². The minimum Gasteiger partial charge on any atom is -0.457 e. The summed E-state index contributed by atoms with van der Waals surface area (Å²) >= 11 is 3.30. The maximum Gasteiger partial charge on any atom is 0.379 e. The molecule has 0 aliphatic heterocycles. The van der Waals surface area contributed by atoms with Gasteiger partial charge in [-0.15, -0.1) is 0 Å². The lowest BCUT2D eigenvalue weighted by Crippen LogP contribution is -2.08. The average molecular weight is 281 g/mol. The van der Waals surface area contributed by atoms with E-state index in [0.717, 1.165) is 10.0 Å². The molecule has 16 heavy (non-hydrogen) atoms. The second kappa shape index (κ2) is 4.53. The third-order valence-corrected chi connectivity index (χ3v) is 2.60. The zero-order valence-electron chi connectivity index (χ0n) is 8.57. The van der Waals surface area contributed by atoms with Crippen molar-refractivity contribution in [2.45, 2.75) is 6.92 Å². The van der Waals surface area contributed by atoms with Crippen LogP contribution in [0.15, 0.2) is 45.5 Å².